The van der Waals surface area contributed by atoms with E-state index in [2.05, 4.69) is 0 Å². The van der Waals surface area contributed by atoms with Gasteiger partial charge in [0.25, 0.3) is 0 Å². The van der Waals surface area contributed by atoms with Gasteiger partial charge in [-0.25, -0.2) is 0 Å². The molecule has 0 aromatic carbocycles. The van der Waals surface area contributed by atoms with Crippen molar-refractivity contribution in [1.29, 1.82) is 0 Å². The van der Waals surface area contributed by atoms with Crippen LogP contribution in [0.5, 0.6) is 0 Å². The molecule has 0 fully saturated rings. The minimum atomic E-state index is -5.88. The van der Waals surface area contributed by atoms with Gasteiger partial charge in [-0.2, -0.15) is 0 Å². The van der Waals surface area contributed by atoms with Crippen LogP contribution in [0.25, 0.3) is 0 Å². The molecule has 22 nitrogen and oxygen atoms in total. The van der Waals surface area contributed by atoms with Gasteiger partial charge in [0.1, 0.15) is 0 Å². The van der Waals surface area contributed by atoms with Crippen molar-refractivity contribution < 1.29 is 210 Å². The minimum absolute atomic E-state index is 0. The molecule has 0 saturated carbocycles. The zero-order valence-corrected chi connectivity index (χ0v) is 36.2. The molecule has 32 heteroatoms. The zero-order valence-electron chi connectivity index (χ0n) is 13.2. The first-order valence-electron chi connectivity index (χ1n) is 4.15. The summed E-state index contributed by atoms with van der Waals surface area (Å²) in [6.45, 7) is 0. The van der Waals surface area contributed by atoms with Gasteiger partial charge in [0.05, 0.1) is 0 Å². The van der Waals surface area contributed by atoms with Crippen LogP contribution in [0, 0.1) is 83.5 Å². The average molecular weight is 1540 g/mol. The molecule has 0 spiro atoms. The van der Waals surface area contributed by atoms with Gasteiger partial charge in [-0.05, 0) is 0 Å². The van der Waals surface area contributed by atoms with Crippen LogP contribution in [0.2, 0.25) is 0 Å². The van der Waals surface area contributed by atoms with Crippen LogP contribution >= 0.6 is 0 Å². The predicted molar refractivity (Wildman–Crippen MR) is 29.9 cm³/mol. The molecule has 0 atom stereocenters. The Morgan fingerprint density at radius 2 is 0.312 bits per heavy atom. The second-order valence-corrected chi connectivity index (χ2v) is 11.6. The number of hydrogen-bond donors (Lipinski definition) is 0. The molecule has 32 heavy (non-hydrogen) atoms. The van der Waals surface area contributed by atoms with E-state index in [0.29, 0.717) is 0 Å². The summed E-state index contributed by atoms with van der Waals surface area (Å²) in [6, 6.07) is 0. The predicted octanol–water partition coefficient (Wildman–Crippen LogP) is -17.0. The molecule has 0 bridgehead atoms. The van der Waals surface area contributed by atoms with Crippen LogP contribution in [0.1, 0.15) is 0 Å². The SMILES string of the molecule is O=[As]([O-])([O-])[O-].O=[As]([O-])([O-])[O-].O=[As]([O-])([O-])[O-].O=[As]([O-])([O-])[O-].[Ni+2].[Ni+2].[Ni+2].[O]=[U+2]=[O].[O]=[U+2]=[O].[O]=[U+2]=[O]. The fourth-order valence-electron chi connectivity index (χ4n) is 0. The monoisotopic (exact) mass is 1540 g/mol. The van der Waals surface area contributed by atoms with Gasteiger partial charge in [-0.1, -0.05) is 0 Å². The molecule has 0 aromatic heterocycles. The van der Waals surface area contributed by atoms with Crippen molar-refractivity contribution in [2.24, 2.45) is 0 Å². The van der Waals surface area contributed by atoms with Gasteiger partial charge in [-0.3, -0.25) is 0 Å². The van der Waals surface area contributed by atoms with Gasteiger partial charge in [-0.15, -0.1) is 0 Å². The van der Waals surface area contributed by atoms with Crippen molar-refractivity contribution in [2.45, 2.75) is 0 Å². The molecule has 0 aliphatic heterocycles. The molecule has 0 heterocycles. The second-order valence-electron chi connectivity index (χ2n) is 2.04. The third-order valence-electron chi connectivity index (χ3n) is 0. The summed E-state index contributed by atoms with van der Waals surface area (Å²) >= 11 is -31.0. The summed E-state index contributed by atoms with van der Waals surface area (Å²) in [4.78, 5) is 0. The Hall–Kier alpha value is 4.39. The van der Waals surface area contributed by atoms with E-state index in [-0.39, 0.29) is 49.5 Å². The van der Waals surface area contributed by atoms with E-state index >= 15 is 0 Å². The first-order valence-corrected chi connectivity index (χ1v) is 26.6. The molecular weight excluding hydrogens is 1540 g/mol. The van der Waals surface area contributed by atoms with Crippen molar-refractivity contribution in [3.8, 4) is 0 Å². The van der Waals surface area contributed by atoms with Gasteiger partial charge in [0, 0.05) is 0 Å². The normalized spacial score (nSPS) is 8.12. The third kappa shape index (κ3) is 1990. The van der Waals surface area contributed by atoms with E-state index in [4.69, 9.17) is 77.5 Å². The van der Waals surface area contributed by atoms with Crippen LogP contribution in [0.15, 0.2) is 0 Å². The standard InChI is InChI=1S/4AsH3O4.3Ni.6O.3U/c4*2-1(3,4)5;;;;;;;;;;;;/h4*(H3,2,3,4,5);;;;;;;;;;;;/q;;;;3*+2;;;;;;;3*+2/p-12. The van der Waals surface area contributed by atoms with E-state index < -0.39 is 142 Å². The maximum absolute atomic E-state index is 8.61. The summed E-state index contributed by atoms with van der Waals surface area (Å²) < 4.78 is 189. The van der Waals surface area contributed by atoms with Gasteiger partial charge in [0.2, 0.25) is 0 Å². The van der Waals surface area contributed by atoms with Crippen LogP contribution in [-0.4, -0.2) is 58.1 Å². The fourth-order valence-corrected chi connectivity index (χ4v) is 0. The Morgan fingerprint density at radius 3 is 0.312 bits per heavy atom. The Balaban J connectivity index is -0.0000000220. The molecular formula is As4Ni3O22U3. The molecule has 0 N–H and O–H groups in total. The second kappa shape index (κ2) is 42.5. The van der Waals surface area contributed by atoms with Crippen molar-refractivity contribution in [1.82, 2.24) is 0 Å². The molecule has 0 rings (SSSR count). The summed E-state index contributed by atoms with van der Waals surface area (Å²) in [6.07, 6.45) is 0. The first kappa shape index (κ1) is 65.4. The average Bonchev–Trinajstić information content (AvgIpc) is 2.20. The summed E-state index contributed by atoms with van der Waals surface area (Å²) in [5, 5.41) is 0. The molecule has 0 radical (unpaired) electrons. The first-order chi connectivity index (χ1) is 12.2. The topological polar surface area (TPSA) is 447 Å². The van der Waals surface area contributed by atoms with E-state index in [1.54, 1.807) is 0 Å². The molecule has 0 aliphatic rings. The molecule has 194 valence electrons. The van der Waals surface area contributed by atoms with Crippen LogP contribution in [0.4, 0.5) is 0 Å². The van der Waals surface area contributed by atoms with E-state index in [1.165, 1.54) is 0 Å². The Morgan fingerprint density at radius 1 is 0.312 bits per heavy atom. The van der Waals surface area contributed by atoms with E-state index in [1.807, 2.05) is 0 Å². The van der Waals surface area contributed by atoms with Crippen LogP contribution < -0.4 is 49.1 Å². The van der Waals surface area contributed by atoms with Crippen molar-refractivity contribution in [3.63, 3.8) is 0 Å². The fraction of sp³-hybridized carbons (Fsp3) is 0. The molecule has 0 aliphatic carbocycles. The molecule has 0 unspecified atom stereocenters. The summed E-state index contributed by atoms with van der Waals surface area (Å²) in [7, 11) is 0. The molecule has 0 aromatic rings. The van der Waals surface area contributed by atoms with Crippen LogP contribution in [-0.2, 0) is 77.8 Å². The molecule has 0 amide bonds. The number of rotatable bonds is 0. The van der Waals surface area contributed by atoms with E-state index in [9.17, 15) is 0 Å². The summed E-state index contributed by atoms with van der Waals surface area (Å²) in [5.74, 6) is 0. The maximum atomic E-state index is 8.61. The van der Waals surface area contributed by atoms with Gasteiger partial charge in [0.15, 0.2) is 0 Å². The van der Waals surface area contributed by atoms with E-state index in [0.717, 1.165) is 0 Å². The third-order valence-corrected chi connectivity index (χ3v) is 0. The Bertz CT molecular complexity index is 504. The Labute approximate surface area is 263 Å². The van der Waals surface area contributed by atoms with Crippen molar-refractivity contribution in [2.75, 3.05) is 0 Å². The zero-order chi connectivity index (χ0) is 26.1. The number of hydrogen-bond acceptors (Lipinski definition) is 22. The van der Waals surface area contributed by atoms with Gasteiger partial charge >= 0.3 is 269 Å². The van der Waals surface area contributed by atoms with Crippen molar-refractivity contribution in [3.05, 3.63) is 0 Å². The van der Waals surface area contributed by atoms with Crippen LogP contribution in [0.3, 0.4) is 0 Å². The quantitative estimate of drug-likeness (QED) is 0.203. The Kier molecular flexibility index (Phi) is 86.9. The van der Waals surface area contributed by atoms with Gasteiger partial charge < -0.3 is 0 Å². The van der Waals surface area contributed by atoms with Crippen molar-refractivity contribution >= 4 is 58.1 Å². The molecule has 0 saturated heterocycles. The summed E-state index contributed by atoms with van der Waals surface area (Å²) in [5.41, 5.74) is 0.